The molecule has 3 aliphatic heterocycles. The third kappa shape index (κ3) is 2.14. The molecule has 3 amide bonds. The van der Waals surface area contributed by atoms with Gasteiger partial charge in [-0.3, -0.25) is 24.6 Å². The maximum atomic E-state index is 13.4. The van der Waals surface area contributed by atoms with Gasteiger partial charge in [0.05, 0.1) is 17.9 Å². The number of nitrogens with zero attached hydrogens (tertiary/aromatic N) is 1. The summed E-state index contributed by atoms with van der Waals surface area (Å²) in [6, 6.07) is 2.86. The predicted molar refractivity (Wildman–Crippen MR) is 103 cm³/mol. The molecule has 0 unspecified atom stereocenters. The van der Waals surface area contributed by atoms with E-state index in [1.165, 1.54) is 4.90 Å². The van der Waals surface area contributed by atoms with E-state index in [2.05, 4.69) is 10.6 Å². The minimum absolute atomic E-state index is 0.249. The van der Waals surface area contributed by atoms with Crippen molar-refractivity contribution in [2.75, 3.05) is 5.32 Å². The third-order valence-corrected chi connectivity index (χ3v) is 6.94. The summed E-state index contributed by atoms with van der Waals surface area (Å²) in [7, 11) is 0. The van der Waals surface area contributed by atoms with Crippen molar-refractivity contribution in [3.63, 3.8) is 0 Å². The summed E-state index contributed by atoms with van der Waals surface area (Å²) in [5.74, 6) is -2.59. The smallest absolute Gasteiger partial charge is 0.250 e. The molecule has 0 saturated carbocycles. The number of anilines is 1. The Morgan fingerprint density at radius 2 is 1.86 bits per heavy atom. The first-order chi connectivity index (χ1) is 13.2. The molecule has 1 aromatic carbocycles. The molecule has 2 saturated heterocycles. The number of carbonyl (C=O) groups excluding carboxylic acids is 3. The summed E-state index contributed by atoms with van der Waals surface area (Å²) in [6.07, 6.45) is -0.249. The van der Waals surface area contributed by atoms with Crippen molar-refractivity contribution in [1.82, 2.24) is 10.2 Å². The topological polar surface area (TPSA) is 98.7 Å². The van der Waals surface area contributed by atoms with Crippen LogP contribution in [0.5, 0.6) is 0 Å². The van der Waals surface area contributed by atoms with Gasteiger partial charge in [-0.05, 0) is 45.2 Å². The molecule has 3 N–H and O–H groups in total. The van der Waals surface area contributed by atoms with Gasteiger partial charge >= 0.3 is 0 Å². The molecule has 1 spiro atoms. The maximum Gasteiger partial charge on any atom is 0.250 e. The number of aliphatic hydroxyl groups excluding tert-OH is 1. The molecule has 0 aromatic heterocycles. The summed E-state index contributed by atoms with van der Waals surface area (Å²) >= 11 is 0. The van der Waals surface area contributed by atoms with E-state index in [0.29, 0.717) is 17.7 Å². The minimum atomic E-state index is -1.34. The molecular weight excluding hydrogens is 358 g/mol. The fraction of sp³-hybridized carbons (Fsp3) is 0.571. The van der Waals surface area contributed by atoms with Gasteiger partial charge in [0.25, 0.3) is 0 Å². The maximum absolute atomic E-state index is 13.4. The highest BCUT2D eigenvalue weighted by Crippen LogP contribution is 2.54. The van der Waals surface area contributed by atoms with Crippen LogP contribution >= 0.6 is 0 Å². The second kappa shape index (κ2) is 6.12. The summed E-state index contributed by atoms with van der Waals surface area (Å²) in [5, 5.41) is 16.6. The van der Waals surface area contributed by atoms with Crippen LogP contribution in [0, 0.1) is 25.7 Å². The second-order valence-corrected chi connectivity index (χ2v) is 8.41. The first kappa shape index (κ1) is 19.1. The molecule has 150 valence electrons. The van der Waals surface area contributed by atoms with Crippen LogP contribution in [-0.4, -0.2) is 45.9 Å². The third-order valence-electron chi connectivity index (χ3n) is 6.94. The van der Waals surface area contributed by atoms with Gasteiger partial charge < -0.3 is 10.4 Å². The molecular formula is C21H27N3O4. The normalized spacial score (nSPS) is 33.3. The molecule has 2 fully saturated rings. The SMILES string of the molecule is CC[C@H](C)N1C(=O)[C@@H]2[C@@H]([C@@H](C)O)N[C@]3(C(=O)Nc4c3ccc(C)c4C)[C@@H]2C1=O. The number of imide groups is 1. The van der Waals surface area contributed by atoms with Gasteiger partial charge in [-0.1, -0.05) is 19.1 Å². The highest BCUT2D eigenvalue weighted by atomic mass is 16.3. The number of carbonyl (C=O) groups is 3. The van der Waals surface area contributed by atoms with Gasteiger partial charge in [0.2, 0.25) is 17.7 Å². The average Bonchev–Trinajstić information content (AvgIpc) is 3.24. The van der Waals surface area contributed by atoms with E-state index in [1.807, 2.05) is 39.8 Å². The quantitative estimate of drug-likeness (QED) is 0.679. The molecule has 28 heavy (non-hydrogen) atoms. The fourth-order valence-corrected chi connectivity index (χ4v) is 5.10. The van der Waals surface area contributed by atoms with Gasteiger partial charge in [0, 0.05) is 23.3 Å². The van der Waals surface area contributed by atoms with Gasteiger partial charge in [-0.25, -0.2) is 0 Å². The molecule has 3 aliphatic rings. The summed E-state index contributed by atoms with van der Waals surface area (Å²) in [4.78, 5) is 41.2. The number of benzene rings is 1. The molecule has 7 heteroatoms. The fourth-order valence-electron chi connectivity index (χ4n) is 5.10. The van der Waals surface area contributed by atoms with Crippen LogP contribution in [0.3, 0.4) is 0 Å². The Bertz CT molecular complexity index is 896. The lowest BCUT2D eigenvalue weighted by atomic mass is 9.76. The van der Waals surface area contributed by atoms with Crippen molar-refractivity contribution in [3.05, 3.63) is 28.8 Å². The summed E-state index contributed by atoms with van der Waals surface area (Å²) < 4.78 is 0. The molecule has 0 bridgehead atoms. The van der Waals surface area contributed by atoms with E-state index >= 15 is 0 Å². The Balaban J connectivity index is 1.93. The number of aliphatic hydroxyl groups is 1. The van der Waals surface area contributed by atoms with Crippen LogP contribution in [0.15, 0.2) is 12.1 Å². The zero-order valence-corrected chi connectivity index (χ0v) is 16.9. The van der Waals surface area contributed by atoms with E-state index in [-0.39, 0.29) is 23.8 Å². The number of likely N-dealkylation sites (tertiary alicyclic amines) is 1. The van der Waals surface area contributed by atoms with Crippen LogP contribution in [0.1, 0.15) is 43.9 Å². The average molecular weight is 385 g/mol. The molecule has 7 nitrogen and oxygen atoms in total. The zero-order valence-electron chi connectivity index (χ0n) is 16.9. The number of nitrogens with one attached hydrogen (secondary N) is 2. The lowest BCUT2D eigenvalue weighted by molar-refractivity contribution is -0.145. The lowest BCUT2D eigenvalue weighted by Crippen LogP contribution is -2.55. The molecule has 6 atom stereocenters. The van der Waals surface area contributed by atoms with E-state index in [4.69, 9.17) is 0 Å². The molecule has 1 aromatic rings. The molecule has 0 aliphatic carbocycles. The first-order valence-corrected chi connectivity index (χ1v) is 9.91. The van der Waals surface area contributed by atoms with Crippen LogP contribution in [0.2, 0.25) is 0 Å². The van der Waals surface area contributed by atoms with Crippen molar-refractivity contribution in [2.24, 2.45) is 11.8 Å². The predicted octanol–water partition coefficient (Wildman–Crippen LogP) is 1.20. The van der Waals surface area contributed by atoms with Gasteiger partial charge in [-0.2, -0.15) is 0 Å². The standard InChI is InChI=1S/C21H27N3O4/c1-6-10(3)24-18(26)14-15(19(24)27)21(23-17(14)12(5)25)13-8-7-9(2)11(4)16(13)22-20(21)28/h7-8,10,12,14-15,17,23,25H,6H2,1-5H3,(H,22,28)/t10-,12+,14-,15-,17+,21-/m0/s1. The molecule has 4 rings (SSSR count). The van der Waals surface area contributed by atoms with E-state index in [0.717, 1.165) is 11.1 Å². The van der Waals surface area contributed by atoms with E-state index < -0.39 is 29.5 Å². The first-order valence-electron chi connectivity index (χ1n) is 9.91. The Hall–Kier alpha value is -2.25. The number of rotatable bonds is 3. The Labute approximate surface area is 164 Å². The Morgan fingerprint density at radius 3 is 2.46 bits per heavy atom. The number of hydrogen-bond donors (Lipinski definition) is 3. The van der Waals surface area contributed by atoms with Crippen LogP contribution in [-0.2, 0) is 19.9 Å². The molecule has 0 radical (unpaired) electrons. The Morgan fingerprint density at radius 1 is 1.18 bits per heavy atom. The number of aryl methyl sites for hydroxylation is 1. The summed E-state index contributed by atoms with van der Waals surface area (Å²) in [5.41, 5.74) is 2.02. The Kier molecular flexibility index (Phi) is 4.17. The van der Waals surface area contributed by atoms with Gasteiger partial charge in [0.1, 0.15) is 5.54 Å². The van der Waals surface area contributed by atoms with Gasteiger partial charge in [-0.15, -0.1) is 0 Å². The van der Waals surface area contributed by atoms with Crippen LogP contribution < -0.4 is 10.6 Å². The molecule has 3 heterocycles. The van der Waals surface area contributed by atoms with Crippen molar-refractivity contribution in [3.8, 4) is 0 Å². The monoisotopic (exact) mass is 385 g/mol. The number of fused-ring (bicyclic) bond motifs is 4. The highest BCUT2D eigenvalue weighted by Gasteiger charge is 2.71. The van der Waals surface area contributed by atoms with Crippen molar-refractivity contribution >= 4 is 23.4 Å². The van der Waals surface area contributed by atoms with Crippen molar-refractivity contribution in [1.29, 1.82) is 0 Å². The van der Waals surface area contributed by atoms with E-state index in [9.17, 15) is 19.5 Å². The van der Waals surface area contributed by atoms with E-state index in [1.54, 1.807) is 6.92 Å². The lowest BCUT2D eigenvalue weighted by Gasteiger charge is -2.31. The number of amides is 3. The van der Waals surface area contributed by atoms with Crippen molar-refractivity contribution in [2.45, 2.75) is 64.8 Å². The van der Waals surface area contributed by atoms with Crippen LogP contribution in [0.25, 0.3) is 0 Å². The zero-order chi connectivity index (χ0) is 20.5. The highest BCUT2D eigenvalue weighted by molar-refractivity contribution is 6.15. The second-order valence-electron chi connectivity index (χ2n) is 8.41. The summed E-state index contributed by atoms with van der Waals surface area (Å²) in [6.45, 7) is 9.24. The van der Waals surface area contributed by atoms with Crippen molar-refractivity contribution < 1.29 is 19.5 Å². The number of hydrogen-bond acceptors (Lipinski definition) is 5. The van der Waals surface area contributed by atoms with Crippen LogP contribution in [0.4, 0.5) is 5.69 Å². The minimum Gasteiger partial charge on any atom is -0.392 e. The largest absolute Gasteiger partial charge is 0.392 e. The van der Waals surface area contributed by atoms with Gasteiger partial charge in [0.15, 0.2) is 0 Å².